The Bertz CT molecular complexity index is 798. The monoisotopic (exact) mass is 409 g/mol. The summed E-state index contributed by atoms with van der Waals surface area (Å²) in [6.45, 7) is 3.48. The average molecular weight is 410 g/mol. The van der Waals surface area contributed by atoms with Gasteiger partial charge in [-0.3, -0.25) is 4.79 Å². The maximum Gasteiger partial charge on any atom is 0.347 e. The van der Waals surface area contributed by atoms with Gasteiger partial charge in [0, 0.05) is 18.6 Å². The molecule has 2 rings (SSSR count). The molecule has 0 fully saturated rings. The van der Waals surface area contributed by atoms with Crippen LogP contribution in [0.3, 0.4) is 0 Å². The number of nitrogens with zero attached hydrogens (tertiary/aromatic N) is 1. The molecule has 27 heavy (non-hydrogen) atoms. The first kappa shape index (κ1) is 21.1. The van der Waals surface area contributed by atoms with Gasteiger partial charge in [0.2, 0.25) is 0 Å². The normalized spacial score (nSPS) is 12.8. The summed E-state index contributed by atoms with van der Waals surface area (Å²) in [6.07, 6.45) is -1.86. The third-order valence-electron chi connectivity index (χ3n) is 3.81. The van der Waals surface area contributed by atoms with E-state index in [0.717, 1.165) is 5.56 Å². The number of likely N-dealkylation sites (N-methyl/N-ethyl adjacent to an activating group) is 1. The van der Waals surface area contributed by atoms with Crippen LogP contribution in [0.4, 0.5) is 0 Å². The Morgan fingerprint density at radius 3 is 2.33 bits per heavy atom. The van der Waals surface area contributed by atoms with Gasteiger partial charge in [-0.05, 0) is 37.6 Å². The number of ether oxygens (including phenoxy) is 2. The van der Waals surface area contributed by atoms with E-state index in [4.69, 9.17) is 32.7 Å². The van der Waals surface area contributed by atoms with Crippen molar-refractivity contribution < 1.29 is 19.1 Å². The number of esters is 1. The van der Waals surface area contributed by atoms with Crippen LogP contribution in [0.2, 0.25) is 10.0 Å². The molecule has 0 aliphatic rings. The molecule has 0 heterocycles. The van der Waals surface area contributed by atoms with Crippen LogP contribution < -0.4 is 4.74 Å². The fourth-order valence-corrected chi connectivity index (χ4v) is 2.83. The molecule has 1 amide bonds. The number of halogens is 2. The Morgan fingerprint density at radius 2 is 1.70 bits per heavy atom. The Balaban J connectivity index is 1.90. The molecule has 0 radical (unpaired) electrons. The molecule has 0 aliphatic carbocycles. The molecular weight excluding hydrogens is 389 g/mol. The first-order valence-electron chi connectivity index (χ1n) is 8.39. The number of amides is 1. The topological polar surface area (TPSA) is 55.8 Å². The predicted molar refractivity (Wildman–Crippen MR) is 105 cm³/mol. The van der Waals surface area contributed by atoms with E-state index in [9.17, 15) is 9.59 Å². The molecular formula is C20H21Cl2NO4. The molecule has 5 nitrogen and oxygen atoms in total. The van der Waals surface area contributed by atoms with Crippen LogP contribution in [0.5, 0.6) is 5.75 Å². The van der Waals surface area contributed by atoms with Crippen molar-refractivity contribution in [1.82, 2.24) is 4.90 Å². The molecule has 0 aliphatic heterocycles. The number of hydrogen-bond donors (Lipinski definition) is 0. The summed E-state index contributed by atoms with van der Waals surface area (Å²) in [5.74, 6) is -0.649. The summed E-state index contributed by atoms with van der Waals surface area (Å²) in [5.41, 5.74) is 0.987. The number of carbonyl (C=O) groups excluding carboxylic acids is 2. The van der Waals surface area contributed by atoms with E-state index in [-0.39, 0.29) is 10.9 Å². The van der Waals surface area contributed by atoms with E-state index >= 15 is 0 Å². The summed E-state index contributed by atoms with van der Waals surface area (Å²) in [5, 5.41) is 0.747. The van der Waals surface area contributed by atoms with Gasteiger partial charge in [0.25, 0.3) is 5.91 Å². The van der Waals surface area contributed by atoms with Gasteiger partial charge in [0.05, 0.1) is 5.02 Å². The molecule has 144 valence electrons. The Kier molecular flexibility index (Phi) is 7.51. The van der Waals surface area contributed by atoms with Gasteiger partial charge in [0.1, 0.15) is 5.75 Å². The highest BCUT2D eigenvalue weighted by atomic mass is 35.5. The van der Waals surface area contributed by atoms with Crippen LogP contribution in [0, 0.1) is 0 Å². The van der Waals surface area contributed by atoms with E-state index in [0.29, 0.717) is 17.3 Å². The number of carbonyl (C=O) groups is 2. The zero-order valence-electron chi connectivity index (χ0n) is 15.3. The average Bonchev–Trinajstić information content (AvgIpc) is 2.63. The van der Waals surface area contributed by atoms with Crippen molar-refractivity contribution in [3.8, 4) is 5.75 Å². The highest BCUT2D eigenvalue weighted by molar-refractivity contribution is 6.35. The lowest BCUT2D eigenvalue weighted by Gasteiger charge is -2.23. The lowest BCUT2D eigenvalue weighted by molar-refractivity contribution is -0.164. The summed E-state index contributed by atoms with van der Waals surface area (Å²) in [4.78, 5) is 26.2. The van der Waals surface area contributed by atoms with E-state index in [1.54, 1.807) is 19.2 Å². The summed E-state index contributed by atoms with van der Waals surface area (Å²) >= 11 is 11.9. The Labute approximate surface area is 168 Å². The van der Waals surface area contributed by atoms with E-state index < -0.39 is 18.2 Å². The van der Waals surface area contributed by atoms with Crippen molar-refractivity contribution in [3.63, 3.8) is 0 Å². The minimum atomic E-state index is -0.932. The maximum absolute atomic E-state index is 12.4. The molecule has 7 heteroatoms. The van der Waals surface area contributed by atoms with E-state index in [2.05, 4.69) is 0 Å². The molecule has 0 saturated carbocycles. The van der Waals surface area contributed by atoms with Gasteiger partial charge in [-0.25, -0.2) is 4.79 Å². The summed E-state index contributed by atoms with van der Waals surface area (Å²) in [6, 6.07) is 14.2. The summed E-state index contributed by atoms with van der Waals surface area (Å²) < 4.78 is 10.8. The molecule has 0 spiro atoms. The standard InChI is InChI=1S/C20H21Cl2NO4/c1-13(19(24)23(3)12-15-7-5-4-6-8-15)27-20(25)14(2)26-18-10-9-16(21)11-17(18)22/h4-11,13-14H,12H2,1-3H3/t13-,14-/m1/s1. The number of benzene rings is 2. The van der Waals surface area contributed by atoms with Crippen LogP contribution in [0.1, 0.15) is 19.4 Å². The molecule has 2 aromatic carbocycles. The smallest absolute Gasteiger partial charge is 0.347 e. The second-order valence-electron chi connectivity index (χ2n) is 6.09. The number of hydrogen-bond acceptors (Lipinski definition) is 4. The highest BCUT2D eigenvalue weighted by Crippen LogP contribution is 2.28. The molecule has 0 N–H and O–H groups in total. The first-order valence-corrected chi connectivity index (χ1v) is 9.14. The minimum absolute atomic E-state index is 0.286. The van der Waals surface area contributed by atoms with Gasteiger partial charge in [0.15, 0.2) is 12.2 Å². The predicted octanol–water partition coefficient (Wildman–Crippen LogP) is 4.35. The van der Waals surface area contributed by atoms with Crippen molar-refractivity contribution >= 4 is 35.1 Å². The van der Waals surface area contributed by atoms with Gasteiger partial charge in [-0.15, -0.1) is 0 Å². The Hall–Kier alpha value is -2.24. The van der Waals surface area contributed by atoms with E-state index in [1.165, 1.54) is 24.8 Å². The van der Waals surface area contributed by atoms with Crippen molar-refractivity contribution in [2.24, 2.45) is 0 Å². The largest absolute Gasteiger partial charge is 0.477 e. The second-order valence-corrected chi connectivity index (χ2v) is 6.94. The van der Waals surface area contributed by atoms with Crippen molar-refractivity contribution in [3.05, 3.63) is 64.1 Å². The molecule has 0 saturated heterocycles. The molecule has 0 aromatic heterocycles. The quantitative estimate of drug-likeness (QED) is 0.637. The fraction of sp³-hybridized carbons (Fsp3) is 0.300. The molecule has 0 bridgehead atoms. The lowest BCUT2D eigenvalue weighted by atomic mass is 10.2. The van der Waals surface area contributed by atoms with Gasteiger partial charge < -0.3 is 14.4 Å². The molecule has 0 unspecified atom stereocenters. The van der Waals surface area contributed by atoms with Crippen LogP contribution in [-0.2, 0) is 20.9 Å². The van der Waals surface area contributed by atoms with Crippen molar-refractivity contribution in [2.75, 3.05) is 7.05 Å². The zero-order chi connectivity index (χ0) is 20.0. The first-order chi connectivity index (χ1) is 12.8. The number of rotatable bonds is 7. The van der Waals surface area contributed by atoms with Crippen LogP contribution in [0.15, 0.2) is 48.5 Å². The zero-order valence-corrected chi connectivity index (χ0v) is 16.8. The van der Waals surface area contributed by atoms with Crippen molar-refractivity contribution in [1.29, 1.82) is 0 Å². The van der Waals surface area contributed by atoms with Gasteiger partial charge in [-0.1, -0.05) is 53.5 Å². The molecule has 2 atom stereocenters. The minimum Gasteiger partial charge on any atom is -0.477 e. The van der Waals surface area contributed by atoms with E-state index in [1.807, 2.05) is 30.3 Å². The summed E-state index contributed by atoms with van der Waals surface area (Å²) in [7, 11) is 1.66. The fourth-order valence-electron chi connectivity index (χ4n) is 2.38. The highest BCUT2D eigenvalue weighted by Gasteiger charge is 2.25. The van der Waals surface area contributed by atoms with Crippen LogP contribution in [0.25, 0.3) is 0 Å². The van der Waals surface area contributed by atoms with Crippen molar-refractivity contribution in [2.45, 2.75) is 32.6 Å². The van der Waals surface area contributed by atoms with Gasteiger partial charge in [-0.2, -0.15) is 0 Å². The Morgan fingerprint density at radius 1 is 1.04 bits per heavy atom. The third-order valence-corrected chi connectivity index (χ3v) is 4.34. The molecule has 2 aromatic rings. The SMILES string of the molecule is C[C@@H](Oc1ccc(Cl)cc1Cl)C(=O)O[C@H](C)C(=O)N(C)Cc1ccccc1. The lowest BCUT2D eigenvalue weighted by Crippen LogP contribution is -2.39. The second kappa shape index (κ2) is 9.62. The van der Waals surface area contributed by atoms with Crippen LogP contribution in [-0.4, -0.2) is 36.0 Å². The maximum atomic E-state index is 12.4. The van der Waals surface area contributed by atoms with Crippen LogP contribution >= 0.6 is 23.2 Å². The van der Waals surface area contributed by atoms with Gasteiger partial charge >= 0.3 is 5.97 Å². The third kappa shape index (κ3) is 6.15.